The topological polar surface area (TPSA) is 84.7 Å². The van der Waals surface area contributed by atoms with Crippen LogP contribution in [-0.4, -0.2) is 67.3 Å². The van der Waals surface area contributed by atoms with E-state index >= 15 is 0 Å². The molecule has 4 aromatic rings. The van der Waals surface area contributed by atoms with E-state index in [2.05, 4.69) is 24.7 Å². The molecule has 0 unspecified atom stereocenters. The standard InChI is InChI=1S/C28H30FN5O3/c1-37-20-16-18-2-6-25(35)30-27(18)24(17-20)34-14-12-32(13-15-34)19-8-10-33(11-9-19)23-5-4-22(29)21-3-7-26(36)31-28(21)23/h2-7,16-17,19H,8-15H2,1H3,(H,30,35)(H,31,36). The zero-order valence-corrected chi connectivity index (χ0v) is 20.8. The van der Waals surface area contributed by atoms with Gasteiger partial charge in [0.2, 0.25) is 11.1 Å². The molecule has 9 heteroatoms. The first-order chi connectivity index (χ1) is 18.0. The number of methoxy groups -OCH3 is 1. The summed E-state index contributed by atoms with van der Waals surface area (Å²) in [5.41, 5.74) is 2.97. The summed E-state index contributed by atoms with van der Waals surface area (Å²) >= 11 is 0. The average Bonchev–Trinajstić information content (AvgIpc) is 2.93. The Balaban J connectivity index is 1.14. The second-order valence-electron chi connectivity index (χ2n) is 9.85. The van der Waals surface area contributed by atoms with Crippen molar-refractivity contribution in [3.63, 3.8) is 0 Å². The maximum Gasteiger partial charge on any atom is 0.248 e. The number of ether oxygens (including phenoxy) is 1. The van der Waals surface area contributed by atoms with Gasteiger partial charge >= 0.3 is 0 Å². The number of nitrogens with zero attached hydrogens (tertiary/aromatic N) is 3. The van der Waals surface area contributed by atoms with E-state index in [4.69, 9.17) is 4.74 Å². The summed E-state index contributed by atoms with van der Waals surface area (Å²) in [6, 6.07) is 14.0. The number of aromatic nitrogens is 2. The molecule has 37 heavy (non-hydrogen) atoms. The predicted octanol–water partition coefficient (Wildman–Crippen LogP) is 3.31. The first kappa shape index (κ1) is 23.5. The van der Waals surface area contributed by atoms with Crippen molar-refractivity contribution in [2.75, 3.05) is 56.2 Å². The number of fused-ring (bicyclic) bond motifs is 2. The number of aromatic amines is 2. The van der Waals surface area contributed by atoms with Gasteiger partial charge in [0.15, 0.2) is 0 Å². The van der Waals surface area contributed by atoms with Crippen LogP contribution in [0.5, 0.6) is 5.75 Å². The molecule has 0 bridgehead atoms. The van der Waals surface area contributed by atoms with Gasteiger partial charge in [0.1, 0.15) is 11.6 Å². The highest BCUT2D eigenvalue weighted by molar-refractivity contribution is 5.92. The molecule has 0 aliphatic carbocycles. The van der Waals surface area contributed by atoms with Crippen molar-refractivity contribution in [1.82, 2.24) is 14.9 Å². The van der Waals surface area contributed by atoms with Gasteiger partial charge in [-0.2, -0.15) is 0 Å². The molecular weight excluding hydrogens is 473 g/mol. The van der Waals surface area contributed by atoms with Gasteiger partial charge < -0.3 is 24.5 Å². The van der Waals surface area contributed by atoms with E-state index in [1.807, 2.05) is 18.2 Å². The number of pyridine rings is 2. The molecule has 0 spiro atoms. The molecule has 2 aromatic carbocycles. The molecule has 2 aliphatic rings. The maximum absolute atomic E-state index is 14.3. The molecule has 0 saturated carbocycles. The fourth-order valence-electron chi connectivity index (χ4n) is 5.85. The lowest BCUT2D eigenvalue weighted by atomic mass is 10.0. The number of anilines is 2. The molecule has 2 aromatic heterocycles. The van der Waals surface area contributed by atoms with Gasteiger partial charge in [-0.05, 0) is 43.2 Å². The normalized spacial score (nSPS) is 17.6. The second-order valence-corrected chi connectivity index (χ2v) is 9.85. The Morgan fingerprint density at radius 1 is 0.784 bits per heavy atom. The van der Waals surface area contributed by atoms with Gasteiger partial charge in [0.25, 0.3) is 0 Å². The smallest absolute Gasteiger partial charge is 0.248 e. The summed E-state index contributed by atoms with van der Waals surface area (Å²) in [7, 11) is 1.66. The van der Waals surface area contributed by atoms with Gasteiger partial charge in [0, 0.05) is 74.3 Å². The van der Waals surface area contributed by atoms with Crippen molar-refractivity contribution >= 4 is 33.2 Å². The van der Waals surface area contributed by atoms with Gasteiger partial charge in [-0.3, -0.25) is 14.5 Å². The minimum Gasteiger partial charge on any atom is -0.497 e. The van der Waals surface area contributed by atoms with Crippen molar-refractivity contribution in [2.24, 2.45) is 0 Å². The van der Waals surface area contributed by atoms with Gasteiger partial charge in [-0.1, -0.05) is 0 Å². The number of piperazine rings is 1. The largest absolute Gasteiger partial charge is 0.497 e. The fraction of sp³-hybridized carbons (Fsp3) is 0.357. The van der Waals surface area contributed by atoms with Crippen LogP contribution in [-0.2, 0) is 0 Å². The summed E-state index contributed by atoms with van der Waals surface area (Å²) < 4.78 is 19.8. The van der Waals surface area contributed by atoms with Crippen molar-refractivity contribution in [1.29, 1.82) is 0 Å². The van der Waals surface area contributed by atoms with Crippen molar-refractivity contribution in [2.45, 2.75) is 18.9 Å². The van der Waals surface area contributed by atoms with Crippen LogP contribution in [0.25, 0.3) is 21.8 Å². The fourth-order valence-corrected chi connectivity index (χ4v) is 5.85. The van der Waals surface area contributed by atoms with Gasteiger partial charge in [-0.15, -0.1) is 0 Å². The van der Waals surface area contributed by atoms with Crippen molar-refractivity contribution in [3.05, 3.63) is 75.1 Å². The minimum absolute atomic E-state index is 0.109. The molecule has 6 rings (SSSR count). The molecule has 8 nitrogen and oxygen atoms in total. The Hall–Kier alpha value is -3.85. The van der Waals surface area contributed by atoms with Gasteiger partial charge in [-0.25, -0.2) is 4.39 Å². The summed E-state index contributed by atoms with van der Waals surface area (Å²) in [4.78, 5) is 36.9. The summed E-state index contributed by atoms with van der Waals surface area (Å²) in [5, 5.41) is 1.40. The number of piperidine rings is 1. The monoisotopic (exact) mass is 503 g/mol. The van der Waals surface area contributed by atoms with Crippen molar-refractivity contribution < 1.29 is 9.13 Å². The molecule has 192 valence electrons. The van der Waals surface area contributed by atoms with Crippen LogP contribution in [0.15, 0.2) is 58.1 Å². The quantitative estimate of drug-likeness (QED) is 0.445. The van der Waals surface area contributed by atoms with E-state index in [0.29, 0.717) is 16.9 Å². The Morgan fingerprint density at radius 3 is 2.19 bits per heavy atom. The number of hydrogen-bond acceptors (Lipinski definition) is 6. The highest BCUT2D eigenvalue weighted by atomic mass is 19.1. The number of rotatable bonds is 4. The van der Waals surface area contributed by atoms with Crippen LogP contribution in [0.4, 0.5) is 15.8 Å². The van der Waals surface area contributed by atoms with Crippen molar-refractivity contribution in [3.8, 4) is 5.75 Å². The molecule has 2 fully saturated rings. The highest BCUT2D eigenvalue weighted by Gasteiger charge is 2.29. The number of H-pyrrole nitrogens is 2. The first-order valence-corrected chi connectivity index (χ1v) is 12.8. The lowest BCUT2D eigenvalue weighted by molar-refractivity contribution is 0.160. The summed E-state index contributed by atoms with van der Waals surface area (Å²) in [6.45, 7) is 5.31. The van der Waals surface area contributed by atoms with E-state index in [9.17, 15) is 14.0 Å². The predicted molar refractivity (Wildman–Crippen MR) is 145 cm³/mol. The molecule has 0 amide bonds. The zero-order valence-electron chi connectivity index (χ0n) is 20.8. The van der Waals surface area contributed by atoms with E-state index in [1.165, 1.54) is 12.1 Å². The maximum atomic E-state index is 14.3. The molecule has 0 radical (unpaired) electrons. The highest BCUT2D eigenvalue weighted by Crippen LogP contribution is 2.33. The lowest BCUT2D eigenvalue weighted by Gasteiger charge is -2.44. The Bertz CT molecular complexity index is 1570. The zero-order chi connectivity index (χ0) is 25.5. The molecule has 4 heterocycles. The summed E-state index contributed by atoms with van der Waals surface area (Å²) in [5.74, 6) is 0.453. The van der Waals surface area contributed by atoms with Gasteiger partial charge in [0.05, 0.1) is 29.5 Å². The van der Waals surface area contributed by atoms with Crippen LogP contribution in [0, 0.1) is 5.82 Å². The second kappa shape index (κ2) is 9.55. The number of nitrogens with one attached hydrogen (secondary N) is 2. The molecular formula is C28H30FN5O3. The molecule has 2 aliphatic heterocycles. The van der Waals surface area contributed by atoms with Crippen LogP contribution in [0.2, 0.25) is 0 Å². The molecule has 2 saturated heterocycles. The minimum atomic E-state index is -0.323. The van der Waals surface area contributed by atoms with E-state index < -0.39 is 0 Å². The average molecular weight is 504 g/mol. The Morgan fingerprint density at radius 2 is 1.46 bits per heavy atom. The number of hydrogen-bond donors (Lipinski definition) is 2. The van der Waals surface area contributed by atoms with E-state index in [0.717, 1.165) is 80.1 Å². The number of halogens is 1. The van der Waals surface area contributed by atoms with E-state index in [-0.39, 0.29) is 16.9 Å². The summed E-state index contributed by atoms with van der Waals surface area (Å²) in [6.07, 6.45) is 2.01. The Labute approximate surface area is 213 Å². The van der Waals surface area contributed by atoms with Crippen LogP contribution < -0.4 is 25.7 Å². The van der Waals surface area contributed by atoms with E-state index in [1.54, 1.807) is 25.3 Å². The third-order valence-corrected chi connectivity index (χ3v) is 7.82. The third kappa shape index (κ3) is 4.44. The lowest BCUT2D eigenvalue weighted by Crippen LogP contribution is -2.53. The Kier molecular flexibility index (Phi) is 6.08. The molecule has 2 N–H and O–H groups in total. The SMILES string of the molecule is COc1cc(N2CCN(C3CCN(c4ccc(F)c5ccc(=O)[nH]c45)CC3)CC2)c2[nH]c(=O)ccc2c1. The number of benzene rings is 2. The molecule has 0 atom stereocenters. The van der Waals surface area contributed by atoms with Crippen LogP contribution in [0.3, 0.4) is 0 Å². The van der Waals surface area contributed by atoms with Crippen LogP contribution >= 0.6 is 0 Å². The third-order valence-electron chi connectivity index (χ3n) is 7.82. The first-order valence-electron chi connectivity index (χ1n) is 12.8. The van der Waals surface area contributed by atoms with Crippen LogP contribution in [0.1, 0.15) is 12.8 Å².